The third kappa shape index (κ3) is 5.26. The van der Waals surface area contributed by atoms with E-state index in [-0.39, 0.29) is 5.75 Å². The second kappa shape index (κ2) is 8.58. The van der Waals surface area contributed by atoms with Crippen LogP contribution in [0.1, 0.15) is 5.56 Å². The molecule has 132 valence electrons. The first-order chi connectivity index (χ1) is 12.2. The molecule has 6 heteroatoms. The molecule has 1 aromatic heterocycles. The largest absolute Gasteiger partial charge is 0.433 e. The van der Waals surface area contributed by atoms with Gasteiger partial charge < -0.3 is 9.64 Å². The second-order valence-electron chi connectivity index (χ2n) is 5.83. The van der Waals surface area contributed by atoms with Crippen LogP contribution < -0.4 is 9.64 Å². The number of rotatable bonds is 6. The van der Waals surface area contributed by atoms with Crippen LogP contribution in [0.2, 0.25) is 0 Å². The normalized spacial score (nSPS) is 15.9. The smallest absolute Gasteiger partial charge is 0.387 e. The molecule has 25 heavy (non-hydrogen) atoms. The van der Waals surface area contributed by atoms with Gasteiger partial charge in [0.1, 0.15) is 11.6 Å². The van der Waals surface area contributed by atoms with Gasteiger partial charge in [-0.2, -0.15) is 8.78 Å². The minimum atomic E-state index is -2.82. The number of hydrogen-bond acceptors (Lipinski definition) is 4. The first-order valence-electron chi connectivity index (χ1n) is 8.30. The highest BCUT2D eigenvalue weighted by atomic mass is 19.3. The van der Waals surface area contributed by atoms with Gasteiger partial charge in [0.15, 0.2) is 0 Å². The van der Waals surface area contributed by atoms with Gasteiger partial charge in [-0.25, -0.2) is 4.98 Å². The van der Waals surface area contributed by atoms with Crippen molar-refractivity contribution < 1.29 is 13.5 Å². The number of anilines is 1. The molecule has 2 aromatic rings. The standard InChI is InChI=1S/C19H21F2N3O/c20-19(21)25-17-8-9-18(22-15-17)24-13-11-23(12-14-24)10-4-7-16-5-2-1-3-6-16/h1-9,15,19H,10-14H2/b7-4+. The number of alkyl halides is 2. The molecule has 0 N–H and O–H groups in total. The number of piperazine rings is 1. The number of pyridine rings is 1. The highest BCUT2D eigenvalue weighted by Crippen LogP contribution is 2.18. The molecule has 0 atom stereocenters. The topological polar surface area (TPSA) is 28.6 Å². The fourth-order valence-electron chi connectivity index (χ4n) is 2.79. The van der Waals surface area contributed by atoms with Gasteiger partial charge in [-0.1, -0.05) is 42.5 Å². The Labute approximate surface area is 146 Å². The summed E-state index contributed by atoms with van der Waals surface area (Å²) in [6, 6.07) is 13.5. The van der Waals surface area contributed by atoms with E-state index in [0.29, 0.717) is 0 Å². The Morgan fingerprint density at radius 2 is 1.80 bits per heavy atom. The number of benzene rings is 1. The van der Waals surface area contributed by atoms with E-state index in [1.54, 1.807) is 6.07 Å². The van der Waals surface area contributed by atoms with Crippen molar-refractivity contribution >= 4 is 11.9 Å². The number of ether oxygens (including phenoxy) is 1. The van der Waals surface area contributed by atoms with Gasteiger partial charge in [-0.3, -0.25) is 4.90 Å². The maximum atomic E-state index is 12.2. The van der Waals surface area contributed by atoms with Crippen molar-refractivity contribution in [3.8, 4) is 5.75 Å². The van der Waals surface area contributed by atoms with Crippen LogP contribution in [0, 0.1) is 0 Å². The van der Waals surface area contributed by atoms with E-state index in [2.05, 4.69) is 43.8 Å². The molecule has 0 aliphatic carbocycles. The molecule has 1 aromatic carbocycles. The maximum absolute atomic E-state index is 12.2. The first-order valence-corrected chi connectivity index (χ1v) is 8.30. The van der Waals surface area contributed by atoms with Crippen LogP contribution >= 0.6 is 0 Å². The monoisotopic (exact) mass is 345 g/mol. The summed E-state index contributed by atoms with van der Waals surface area (Å²) in [4.78, 5) is 8.75. The van der Waals surface area contributed by atoms with E-state index in [1.807, 2.05) is 18.2 Å². The zero-order chi connectivity index (χ0) is 17.5. The highest BCUT2D eigenvalue weighted by Gasteiger charge is 2.17. The molecule has 3 rings (SSSR count). The third-order valence-corrected chi connectivity index (χ3v) is 4.12. The Morgan fingerprint density at radius 3 is 2.44 bits per heavy atom. The summed E-state index contributed by atoms with van der Waals surface area (Å²) in [6.45, 7) is 1.70. The maximum Gasteiger partial charge on any atom is 0.387 e. The van der Waals surface area contributed by atoms with E-state index >= 15 is 0 Å². The predicted octanol–water partition coefficient (Wildman–Crippen LogP) is 3.52. The van der Waals surface area contributed by atoms with Crippen LogP contribution in [-0.2, 0) is 0 Å². The molecule has 0 saturated carbocycles. The van der Waals surface area contributed by atoms with Crippen LogP contribution in [0.4, 0.5) is 14.6 Å². The van der Waals surface area contributed by atoms with Crippen molar-refractivity contribution in [2.75, 3.05) is 37.6 Å². The predicted molar refractivity (Wildman–Crippen MR) is 95.0 cm³/mol. The van der Waals surface area contributed by atoms with Crippen molar-refractivity contribution in [2.45, 2.75) is 6.61 Å². The summed E-state index contributed by atoms with van der Waals surface area (Å²) in [7, 11) is 0. The number of aromatic nitrogens is 1. The molecule has 0 unspecified atom stereocenters. The minimum absolute atomic E-state index is 0.0865. The summed E-state index contributed by atoms with van der Waals surface area (Å²) in [6.07, 6.45) is 5.66. The summed E-state index contributed by atoms with van der Waals surface area (Å²) in [5, 5.41) is 0. The van der Waals surface area contributed by atoms with E-state index < -0.39 is 6.61 Å². The van der Waals surface area contributed by atoms with E-state index in [0.717, 1.165) is 38.5 Å². The molecular weight excluding hydrogens is 324 g/mol. The lowest BCUT2D eigenvalue weighted by atomic mass is 10.2. The van der Waals surface area contributed by atoms with Crippen molar-refractivity contribution in [1.82, 2.24) is 9.88 Å². The van der Waals surface area contributed by atoms with Gasteiger partial charge >= 0.3 is 6.61 Å². The molecule has 1 aliphatic heterocycles. The van der Waals surface area contributed by atoms with E-state index in [4.69, 9.17) is 0 Å². The third-order valence-electron chi connectivity index (χ3n) is 4.12. The molecule has 4 nitrogen and oxygen atoms in total. The van der Waals surface area contributed by atoms with Crippen LogP contribution in [-0.4, -0.2) is 49.2 Å². The van der Waals surface area contributed by atoms with Crippen molar-refractivity contribution in [1.29, 1.82) is 0 Å². The first kappa shape index (κ1) is 17.4. The summed E-state index contributed by atoms with van der Waals surface area (Å²) >= 11 is 0. The molecule has 1 aliphatic rings. The van der Waals surface area contributed by atoms with Crippen molar-refractivity contribution in [2.24, 2.45) is 0 Å². The van der Waals surface area contributed by atoms with Crippen LogP contribution in [0.3, 0.4) is 0 Å². The molecule has 0 bridgehead atoms. The Hall–Kier alpha value is -2.47. The van der Waals surface area contributed by atoms with Gasteiger partial charge in [0.05, 0.1) is 6.20 Å². The Balaban J connectivity index is 1.46. The summed E-state index contributed by atoms with van der Waals surface area (Å²) in [5.74, 6) is 0.879. The summed E-state index contributed by atoms with van der Waals surface area (Å²) in [5.41, 5.74) is 1.21. The van der Waals surface area contributed by atoms with Crippen LogP contribution in [0.5, 0.6) is 5.75 Å². The Morgan fingerprint density at radius 1 is 1.04 bits per heavy atom. The molecule has 0 amide bonds. The van der Waals surface area contributed by atoms with E-state index in [9.17, 15) is 8.78 Å². The molecule has 0 spiro atoms. The van der Waals surface area contributed by atoms with Gasteiger partial charge in [-0.05, 0) is 17.7 Å². The Kier molecular flexibility index (Phi) is 5.95. The SMILES string of the molecule is FC(F)Oc1ccc(N2CCN(C/C=C/c3ccccc3)CC2)nc1. The molecule has 1 saturated heterocycles. The lowest BCUT2D eigenvalue weighted by Crippen LogP contribution is -2.46. The van der Waals surface area contributed by atoms with Gasteiger partial charge in [-0.15, -0.1) is 0 Å². The zero-order valence-electron chi connectivity index (χ0n) is 13.9. The average Bonchev–Trinajstić information content (AvgIpc) is 2.63. The number of nitrogens with zero attached hydrogens (tertiary/aromatic N) is 3. The lowest BCUT2D eigenvalue weighted by molar-refractivity contribution is -0.0500. The molecular formula is C19H21F2N3O. The zero-order valence-corrected chi connectivity index (χ0v) is 13.9. The quantitative estimate of drug-likeness (QED) is 0.801. The van der Waals surface area contributed by atoms with Gasteiger partial charge in [0, 0.05) is 32.7 Å². The minimum Gasteiger partial charge on any atom is -0.433 e. The fraction of sp³-hybridized carbons (Fsp3) is 0.316. The molecule has 1 fully saturated rings. The van der Waals surface area contributed by atoms with E-state index in [1.165, 1.54) is 17.8 Å². The lowest BCUT2D eigenvalue weighted by Gasteiger charge is -2.34. The highest BCUT2D eigenvalue weighted by molar-refractivity contribution is 5.48. The number of halogens is 2. The van der Waals surface area contributed by atoms with Gasteiger partial charge in [0.2, 0.25) is 0 Å². The van der Waals surface area contributed by atoms with Crippen LogP contribution in [0.25, 0.3) is 6.08 Å². The fourth-order valence-corrected chi connectivity index (χ4v) is 2.79. The average molecular weight is 345 g/mol. The van der Waals surface area contributed by atoms with Crippen molar-refractivity contribution in [3.05, 3.63) is 60.3 Å². The molecule has 0 radical (unpaired) electrons. The Bertz CT molecular complexity index is 669. The number of hydrogen-bond donors (Lipinski definition) is 0. The molecule has 2 heterocycles. The van der Waals surface area contributed by atoms with Crippen LogP contribution in [0.15, 0.2) is 54.7 Å². The summed E-state index contributed by atoms with van der Waals surface area (Å²) < 4.78 is 28.6. The van der Waals surface area contributed by atoms with Gasteiger partial charge in [0.25, 0.3) is 0 Å². The van der Waals surface area contributed by atoms with Crippen molar-refractivity contribution in [3.63, 3.8) is 0 Å². The second-order valence-corrected chi connectivity index (χ2v) is 5.83.